The van der Waals surface area contributed by atoms with E-state index in [1.54, 1.807) is 6.07 Å². The maximum absolute atomic E-state index is 12.1. The molecule has 0 radical (unpaired) electrons. The Morgan fingerprint density at radius 3 is 2.62 bits per heavy atom. The second kappa shape index (κ2) is 5.72. The molecule has 0 saturated carbocycles. The van der Waals surface area contributed by atoms with E-state index in [-0.39, 0.29) is 34.2 Å². The fraction of sp³-hybridized carbons (Fsp3) is 0.300. The Bertz CT molecular complexity index is 379. The maximum atomic E-state index is 12.1. The number of alkyl halides is 4. The van der Waals surface area contributed by atoms with E-state index in [4.69, 9.17) is 0 Å². The number of benzene rings is 1. The second-order valence-electron chi connectivity index (χ2n) is 3.04. The average Bonchev–Trinajstić information content (AvgIpc) is 2.15. The Morgan fingerprint density at radius 2 is 2.06 bits per heavy atom. The van der Waals surface area contributed by atoms with Crippen LogP contribution in [0.25, 0.3) is 0 Å². The fourth-order valence-electron chi connectivity index (χ4n) is 1.13. The van der Waals surface area contributed by atoms with Gasteiger partial charge in [0.05, 0.1) is 5.33 Å². The molecular formula is C10H8BrF3OS. The Hall–Kier alpha value is -0.490. The van der Waals surface area contributed by atoms with Gasteiger partial charge < -0.3 is 0 Å². The van der Waals surface area contributed by atoms with E-state index in [1.165, 1.54) is 18.2 Å². The van der Waals surface area contributed by atoms with Crippen molar-refractivity contribution in [2.24, 2.45) is 0 Å². The summed E-state index contributed by atoms with van der Waals surface area (Å²) in [5.41, 5.74) is -3.70. The molecule has 0 aromatic heterocycles. The Balaban J connectivity index is 2.75. The number of thioether (sulfide) groups is 1. The van der Waals surface area contributed by atoms with Gasteiger partial charge in [-0.05, 0) is 29.5 Å². The molecule has 0 aliphatic carbocycles. The van der Waals surface area contributed by atoms with Crippen molar-refractivity contribution in [2.75, 3.05) is 5.33 Å². The first-order valence-corrected chi connectivity index (χ1v) is 6.27. The zero-order chi connectivity index (χ0) is 12.2. The molecule has 0 atom stereocenters. The van der Waals surface area contributed by atoms with Crippen LogP contribution in [0.1, 0.15) is 5.56 Å². The minimum Gasteiger partial charge on any atom is -0.298 e. The summed E-state index contributed by atoms with van der Waals surface area (Å²) in [4.78, 5) is 11.2. The van der Waals surface area contributed by atoms with Crippen LogP contribution >= 0.6 is 27.7 Å². The predicted molar refractivity (Wildman–Crippen MR) is 60.9 cm³/mol. The van der Waals surface area contributed by atoms with Gasteiger partial charge in [-0.25, -0.2) is 0 Å². The molecular weight excluding hydrogens is 305 g/mol. The first-order chi connectivity index (χ1) is 7.40. The van der Waals surface area contributed by atoms with Crippen LogP contribution in [0, 0.1) is 0 Å². The van der Waals surface area contributed by atoms with Gasteiger partial charge in [-0.3, -0.25) is 4.79 Å². The summed E-state index contributed by atoms with van der Waals surface area (Å²) in [6.45, 7) is 0. The highest BCUT2D eigenvalue weighted by molar-refractivity contribution is 9.09. The highest BCUT2D eigenvalue weighted by Gasteiger charge is 2.29. The summed E-state index contributed by atoms with van der Waals surface area (Å²) in [7, 11) is 0. The van der Waals surface area contributed by atoms with Gasteiger partial charge in [-0.2, -0.15) is 13.2 Å². The number of carbonyl (C=O) groups excluding carboxylic acids is 1. The molecule has 16 heavy (non-hydrogen) atoms. The van der Waals surface area contributed by atoms with E-state index < -0.39 is 5.51 Å². The van der Waals surface area contributed by atoms with Crippen LogP contribution in [0.5, 0.6) is 0 Å². The molecule has 0 bridgehead atoms. The number of halogens is 4. The van der Waals surface area contributed by atoms with Gasteiger partial charge in [0.15, 0.2) is 0 Å². The van der Waals surface area contributed by atoms with Crippen LogP contribution in [0.3, 0.4) is 0 Å². The van der Waals surface area contributed by atoms with Crippen molar-refractivity contribution in [1.29, 1.82) is 0 Å². The first kappa shape index (κ1) is 13.6. The number of carbonyl (C=O) groups is 1. The van der Waals surface area contributed by atoms with E-state index in [0.29, 0.717) is 5.56 Å². The van der Waals surface area contributed by atoms with Crippen molar-refractivity contribution in [2.45, 2.75) is 16.8 Å². The molecule has 1 nitrogen and oxygen atoms in total. The number of hydrogen-bond acceptors (Lipinski definition) is 2. The van der Waals surface area contributed by atoms with Crippen LogP contribution in [-0.2, 0) is 11.2 Å². The lowest BCUT2D eigenvalue weighted by molar-refractivity contribution is -0.115. The van der Waals surface area contributed by atoms with E-state index in [9.17, 15) is 18.0 Å². The standard InChI is InChI=1S/C10H8BrF3OS/c11-6-8(15)4-7-2-1-3-9(5-7)16-10(12,13)14/h1-3,5H,4,6H2. The maximum Gasteiger partial charge on any atom is 0.446 e. The van der Waals surface area contributed by atoms with Crippen LogP contribution in [0.2, 0.25) is 0 Å². The van der Waals surface area contributed by atoms with Crippen LogP contribution in [0.4, 0.5) is 13.2 Å². The average molecular weight is 313 g/mol. The lowest BCUT2D eigenvalue weighted by Crippen LogP contribution is -2.04. The van der Waals surface area contributed by atoms with E-state index in [2.05, 4.69) is 15.9 Å². The topological polar surface area (TPSA) is 17.1 Å². The quantitative estimate of drug-likeness (QED) is 0.621. The summed E-state index contributed by atoms with van der Waals surface area (Å²) in [5, 5.41) is 0.212. The summed E-state index contributed by atoms with van der Waals surface area (Å²) in [6.07, 6.45) is 0.150. The minimum absolute atomic E-state index is 0.0610. The van der Waals surface area contributed by atoms with Gasteiger partial charge in [-0.15, -0.1) is 0 Å². The highest BCUT2D eigenvalue weighted by atomic mass is 79.9. The Kier molecular flexibility index (Phi) is 4.86. The van der Waals surface area contributed by atoms with Gasteiger partial charge in [0.25, 0.3) is 0 Å². The number of ketones is 1. The van der Waals surface area contributed by atoms with Crippen LogP contribution in [-0.4, -0.2) is 16.6 Å². The molecule has 6 heteroatoms. The van der Waals surface area contributed by atoms with Gasteiger partial charge in [-0.1, -0.05) is 28.1 Å². The van der Waals surface area contributed by atoms with Crippen molar-refractivity contribution in [3.63, 3.8) is 0 Å². The lowest BCUT2D eigenvalue weighted by Gasteiger charge is -2.06. The monoisotopic (exact) mass is 312 g/mol. The van der Waals surface area contributed by atoms with Gasteiger partial charge in [0.1, 0.15) is 5.78 Å². The minimum atomic E-state index is -4.29. The lowest BCUT2D eigenvalue weighted by atomic mass is 10.1. The molecule has 0 spiro atoms. The SMILES string of the molecule is O=C(CBr)Cc1cccc(SC(F)(F)F)c1. The smallest absolute Gasteiger partial charge is 0.298 e. The van der Waals surface area contributed by atoms with E-state index >= 15 is 0 Å². The molecule has 0 aliphatic heterocycles. The molecule has 88 valence electrons. The second-order valence-corrected chi connectivity index (χ2v) is 4.74. The third-order valence-electron chi connectivity index (χ3n) is 1.68. The Morgan fingerprint density at radius 1 is 1.38 bits per heavy atom. The van der Waals surface area contributed by atoms with Gasteiger partial charge in [0.2, 0.25) is 0 Å². The van der Waals surface area contributed by atoms with Crippen molar-refractivity contribution in [3.05, 3.63) is 29.8 Å². The molecule has 0 saturated heterocycles. The summed E-state index contributed by atoms with van der Waals surface area (Å²) in [6, 6.07) is 5.92. The zero-order valence-electron chi connectivity index (χ0n) is 8.05. The summed E-state index contributed by atoms with van der Waals surface area (Å²) >= 11 is 2.83. The third kappa shape index (κ3) is 5.03. The Labute approximate surface area is 104 Å². The van der Waals surface area contributed by atoms with E-state index in [0.717, 1.165) is 0 Å². The number of hydrogen-bond donors (Lipinski definition) is 0. The molecule has 1 rings (SSSR count). The molecule has 0 aliphatic rings. The predicted octanol–water partition coefficient (Wildman–Crippen LogP) is 3.81. The molecule has 0 fully saturated rings. The number of Topliss-reactive ketones (excluding diaryl/α,β-unsaturated/α-hetero) is 1. The summed E-state index contributed by atoms with van der Waals surface area (Å²) < 4.78 is 36.3. The normalized spacial score (nSPS) is 11.5. The largest absolute Gasteiger partial charge is 0.446 e. The molecule has 0 unspecified atom stereocenters. The van der Waals surface area contributed by atoms with Crippen LogP contribution in [0.15, 0.2) is 29.2 Å². The third-order valence-corrected chi connectivity index (χ3v) is 3.03. The van der Waals surface area contributed by atoms with Crippen molar-refractivity contribution in [1.82, 2.24) is 0 Å². The van der Waals surface area contributed by atoms with Gasteiger partial charge >= 0.3 is 5.51 Å². The van der Waals surface area contributed by atoms with Crippen LogP contribution < -0.4 is 0 Å². The van der Waals surface area contributed by atoms with Crippen molar-refractivity contribution < 1.29 is 18.0 Å². The number of rotatable bonds is 4. The van der Waals surface area contributed by atoms with E-state index in [1.807, 2.05) is 0 Å². The molecule has 0 heterocycles. The zero-order valence-corrected chi connectivity index (χ0v) is 10.5. The van der Waals surface area contributed by atoms with Crippen molar-refractivity contribution >= 4 is 33.5 Å². The molecule has 1 aromatic carbocycles. The fourth-order valence-corrected chi connectivity index (χ4v) is 1.95. The molecule has 1 aromatic rings. The van der Waals surface area contributed by atoms with Gasteiger partial charge in [0, 0.05) is 11.3 Å². The van der Waals surface area contributed by atoms with Crippen molar-refractivity contribution in [3.8, 4) is 0 Å². The first-order valence-electron chi connectivity index (χ1n) is 4.33. The summed E-state index contributed by atoms with van der Waals surface area (Å²) in [5.74, 6) is -0.0610. The highest BCUT2D eigenvalue weighted by Crippen LogP contribution is 2.36. The molecule has 0 N–H and O–H groups in total. The molecule has 0 amide bonds.